The highest BCUT2D eigenvalue weighted by atomic mass is 16.5. The molecule has 0 spiro atoms. The van der Waals surface area contributed by atoms with Gasteiger partial charge in [-0.2, -0.15) is 0 Å². The van der Waals surface area contributed by atoms with Crippen molar-refractivity contribution >= 4 is 21.8 Å². The van der Waals surface area contributed by atoms with Gasteiger partial charge in [0.2, 0.25) is 0 Å². The second-order valence-electron chi connectivity index (χ2n) is 5.34. The smallest absolute Gasteiger partial charge is 0.129 e. The number of nitrogens with zero attached hydrogens (tertiary/aromatic N) is 1. The maximum absolute atomic E-state index is 6.05. The normalized spacial score (nSPS) is 10.7. The fraction of sp³-hybridized carbons (Fsp3) is 0.0500. The summed E-state index contributed by atoms with van der Waals surface area (Å²) in [5.41, 5.74) is 3.72. The number of benzene rings is 2. The third-order valence-electron chi connectivity index (χ3n) is 3.85. The molecule has 0 radical (unpaired) electrons. The van der Waals surface area contributed by atoms with Crippen molar-refractivity contribution in [3.63, 3.8) is 0 Å². The minimum Gasteiger partial charge on any atom is -0.488 e. The van der Waals surface area contributed by atoms with Gasteiger partial charge >= 0.3 is 0 Å². The van der Waals surface area contributed by atoms with E-state index in [2.05, 4.69) is 28.0 Å². The molecule has 4 aromatic rings. The standard InChI is InChI=1S/C20H14N2O/c1-2-15-11-16-18(12-21-15)22-17-9-6-10-19(20(16)17)23-13-14-7-4-3-5-8-14/h1,3-12,22H,13H2. The Bertz CT molecular complexity index is 1030. The summed E-state index contributed by atoms with van der Waals surface area (Å²) in [6.07, 6.45) is 7.24. The van der Waals surface area contributed by atoms with Crippen LogP contribution in [0.25, 0.3) is 21.8 Å². The molecule has 1 N–H and O–H groups in total. The van der Waals surface area contributed by atoms with Gasteiger partial charge in [-0.3, -0.25) is 0 Å². The molecule has 0 unspecified atom stereocenters. The van der Waals surface area contributed by atoms with Gasteiger partial charge in [-0.25, -0.2) is 4.98 Å². The van der Waals surface area contributed by atoms with Crippen molar-refractivity contribution in [2.75, 3.05) is 0 Å². The predicted molar refractivity (Wildman–Crippen MR) is 92.3 cm³/mol. The topological polar surface area (TPSA) is 37.9 Å². The molecule has 0 amide bonds. The molecule has 2 aromatic carbocycles. The first-order chi connectivity index (χ1) is 11.3. The Morgan fingerprint density at radius 1 is 1.04 bits per heavy atom. The fourth-order valence-corrected chi connectivity index (χ4v) is 2.75. The highest BCUT2D eigenvalue weighted by Crippen LogP contribution is 2.33. The van der Waals surface area contributed by atoms with Gasteiger partial charge in [-0.15, -0.1) is 6.42 Å². The Balaban J connectivity index is 1.81. The van der Waals surface area contributed by atoms with Crippen molar-refractivity contribution < 1.29 is 4.74 Å². The molecule has 3 nitrogen and oxygen atoms in total. The monoisotopic (exact) mass is 298 g/mol. The van der Waals surface area contributed by atoms with Crippen LogP contribution in [0.5, 0.6) is 5.75 Å². The van der Waals surface area contributed by atoms with E-state index in [4.69, 9.17) is 11.2 Å². The summed E-state index contributed by atoms with van der Waals surface area (Å²) < 4.78 is 6.05. The quantitative estimate of drug-likeness (QED) is 0.573. The van der Waals surface area contributed by atoms with E-state index in [0.29, 0.717) is 12.3 Å². The predicted octanol–water partition coefficient (Wildman–Crippen LogP) is 4.28. The number of terminal acetylenes is 1. The van der Waals surface area contributed by atoms with Crippen LogP contribution in [0.2, 0.25) is 0 Å². The molecule has 0 fully saturated rings. The van der Waals surface area contributed by atoms with Crippen LogP contribution in [-0.4, -0.2) is 9.97 Å². The number of fused-ring (bicyclic) bond motifs is 3. The minimum atomic E-state index is 0.527. The Morgan fingerprint density at radius 3 is 2.74 bits per heavy atom. The van der Waals surface area contributed by atoms with Gasteiger partial charge in [0.25, 0.3) is 0 Å². The lowest BCUT2D eigenvalue weighted by Crippen LogP contribution is -1.95. The summed E-state index contributed by atoms with van der Waals surface area (Å²) in [4.78, 5) is 7.59. The van der Waals surface area contributed by atoms with Crippen LogP contribution < -0.4 is 4.74 Å². The van der Waals surface area contributed by atoms with E-state index in [1.54, 1.807) is 6.20 Å². The molecule has 2 heterocycles. The maximum Gasteiger partial charge on any atom is 0.129 e. The van der Waals surface area contributed by atoms with Gasteiger partial charge < -0.3 is 9.72 Å². The zero-order valence-electron chi connectivity index (χ0n) is 12.4. The molecule has 3 heteroatoms. The number of rotatable bonds is 3. The SMILES string of the molecule is C#Cc1cc2c(cn1)[nH]c1cccc(OCc3ccccc3)c12. The molecule has 110 valence electrons. The summed E-state index contributed by atoms with van der Waals surface area (Å²) in [6.45, 7) is 0.527. The highest BCUT2D eigenvalue weighted by Gasteiger charge is 2.10. The Labute approximate surface area is 133 Å². The van der Waals surface area contributed by atoms with Crippen LogP contribution >= 0.6 is 0 Å². The first-order valence-corrected chi connectivity index (χ1v) is 7.39. The molecule has 0 saturated heterocycles. The molecule has 2 aromatic heterocycles. The number of aromatic nitrogens is 2. The number of H-pyrrole nitrogens is 1. The van der Waals surface area contributed by atoms with Crippen LogP contribution in [0.4, 0.5) is 0 Å². The van der Waals surface area contributed by atoms with Gasteiger partial charge in [0, 0.05) is 10.8 Å². The molecule has 4 rings (SSSR count). The number of hydrogen-bond donors (Lipinski definition) is 1. The van der Waals surface area contributed by atoms with Crippen LogP contribution in [0, 0.1) is 12.3 Å². The van der Waals surface area contributed by atoms with Crippen LogP contribution in [0.1, 0.15) is 11.3 Å². The first kappa shape index (κ1) is 13.4. The van der Waals surface area contributed by atoms with E-state index in [9.17, 15) is 0 Å². The first-order valence-electron chi connectivity index (χ1n) is 7.39. The van der Waals surface area contributed by atoms with Crippen LogP contribution in [0.3, 0.4) is 0 Å². The third-order valence-corrected chi connectivity index (χ3v) is 3.85. The molecule has 23 heavy (non-hydrogen) atoms. The highest BCUT2D eigenvalue weighted by molar-refractivity contribution is 6.10. The maximum atomic E-state index is 6.05. The van der Waals surface area contributed by atoms with E-state index < -0.39 is 0 Å². The summed E-state index contributed by atoms with van der Waals surface area (Å²) >= 11 is 0. The number of nitrogens with one attached hydrogen (secondary N) is 1. The van der Waals surface area contributed by atoms with Crippen molar-refractivity contribution in [2.45, 2.75) is 6.61 Å². The zero-order valence-corrected chi connectivity index (χ0v) is 12.4. The molecule has 0 aliphatic carbocycles. The summed E-state index contributed by atoms with van der Waals surface area (Å²) in [6, 6.07) is 18.0. The van der Waals surface area contributed by atoms with Gasteiger partial charge in [-0.05, 0) is 23.8 Å². The van der Waals surface area contributed by atoms with E-state index in [1.807, 2.05) is 42.5 Å². The molecule has 0 bridgehead atoms. The van der Waals surface area contributed by atoms with Crippen molar-refractivity contribution in [2.24, 2.45) is 0 Å². The van der Waals surface area contributed by atoms with Crippen molar-refractivity contribution in [1.82, 2.24) is 9.97 Å². The van der Waals surface area contributed by atoms with Crippen LogP contribution in [0.15, 0.2) is 60.8 Å². The van der Waals surface area contributed by atoms with Gasteiger partial charge in [0.15, 0.2) is 0 Å². The molecule has 0 atom stereocenters. The molecule has 0 aliphatic heterocycles. The lowest BCUT2D eigenvalue weighted by Gasteiger charge is -2.08. The van der Waals surface area contributed by atoms with Gasteiger partial charge in [-0.1, -0.05) is 42.3 Å². The summed E-state index contributed by atoms with van der Waals surface area (Å²) in [5, 5.41) is 2.07. The fourth-order valence-electron chi connectivity index (χ4n) is 2.75. The Hall–Kier alpha value is -3.25. The van der Waals surface area contributed by atoms with Crippen LogP contribution in [-0.2, 0) is 6.61 Å². The van der Waals surface area contributed by atoms with Gasteiger partial charge in [0.05, 0.1) is 17.2 Å². The molecule has 0 saturated carbocycles. The number of ether oxygens (including phenoxy) is 1. The van der Waals surface area contributed by atoms with Crippen molar-refractivity contribution in [3.05, 3.63) is 72.1 Å². The average molecular weight is 298 g/mol. The van der Waals surface area contributed by atoms with E-state index in [-0.39, 0.29) is 0 Å². The average Bonchev–Trinajstić information content (AvgIpc) is 2.99. The minimum absolute atomic E-state index is 0.527. The molecule has 0 aliphatic rings. The van der Waals surface area contributed by atoms with Gasteiger partial charge in [0.1, 0.15) is 18.1 Å². The lowest BCUT2D eigenvalue weighted by molar-refractivity contribution is 0.310. The number of hydrogen-bond acceptors (Lipinski definition) is 2. The van der Waals surface area contributed by atoms with Crippen molar-refractivity contribution in [3.8, 4) is 18.1 Å². The lowest BCUT2D eigenvalue weighted by atomic mass is 10.1. The number of pyridine rings is 1. The number of aromatic amines is 1. The largest absolute Gasteiger partial charge is 0.488 e. The van der Waals surface area contributed by atoms with Crippen molar-refractivity contribution in [1.29, 1.82) is 0 Å². The Kier molecular flexibility index (Phi) is 3.21. The van der Waals surface area contributed by atoms with E-state index >= 15 is 0 Å². The second kappa shape index (κ2) is 5.51. The third kappa shape index (κ3) is 2.41. The second-order valence-corrected chi connectivity index (χ2v) is 5.34. The Morgan fingerprint density at radius 2 is 1.91 bits per heavy atom. The van der Waals surface area contributed by atoms with E-state index in [1.165, 1.54) is 0 Å². The summed E-state index contributed by atoms with van der Waals surface area (Å²) in [5.74, 6) is 3.42. The molecular weight excluding hydrogens is 284 g/mol. The van der Waals surface area contributed by atoms with E-state index in [0.717, 1.165) is 33.1 Å². The summed E-state index contributed by atoms with van der Waals surface area (Å²) in [7, 11) is 0. The zero-order chi connectivity index (χ0) is 15.6. The molecular formula is C20H14N2O.